The molecule has 0 aromatic heterocycles. The third-order valence-electron chi connectivity index (χ3n) is 2.27. The first kappa shape index (κ1) is 14.6. The summed E-state index contributed by atoms with van der Waals surface area (Å²) < 4.78 is 11.3. The molecular weight excluding hydrogens is 212 g/mol. The van der Waals surface area contributed by atoms with Gasteiger partial charge in [-0.1, -0.05) is 39.0 Å². The summed E-state index contributed by atoms with van der Waals surface area (Å²) in [5, 5.41) is 8.40. The molecular formula is C11H22O3S. The van der Waals surface area contributed by atoms with Crippen molar-refractivity contribution in [3.05, 3.63) is 0 Å². The van der Waals surface area contributed by atoms with Crippen molar-refractivity contribution in [2.75, 3.05) is 11.5 Å². The van der Waals surface area contributed by atoms with E-state index in [4.69, 9.17) is 5.11 Å². The lowest BCUT2D eigenvalue weighted by Crippen LogP contribution is -2.07. The number of hydrogen-bond acceptors (Lipinski definition) is 2. The van der Waals surface area contributed by atoms with Gasteiger partial charge in [0.05, 0.1) is 6.42 Å². The van der Waals surface area contributed by atoms with Gasteiger partial charge in [0.1, 0.15) is 0 Å². The molecule has 0 bridgehead atoms. The van der Waals surface area contributed by atoms with Crippen molar-refractivity contribution in [3.63, 3.8) is 0 Å². The van der Waals surface area contributed by atoms with Crippen LogP contribution in [-0.4, -0.2) is 26.8 Å². The fourth-order valence-corrected chi connectivity index (χ4v) is 2.48. The molecule has 0 aliphatic heterocycles. The minimum absolute atomic E-state index is 0.0302. The number of carboxylic acid groups (broad SMARTS) is 1. The van der Waals surface area contributed by atoms with Crippen LogP contribution in [0.15, 0.2) is 0 Å². The lowest BCUT2D eigenvalue weighted by molar-refractivity contribution is -0.136. The Morgan fingerprint density at radius 1 is 1.07 bits per heavy atom. The highest BCUT2D eigenvalue weighted by Gasteiger charge is 2.03. The summed E-state index contributed by atoms with van der Waals surface area (Å²) in [6, 6.07) is 0. The van der Waals surface area contributed by atoms with Gasteiger partial charge in [-0.15, -0.1) is 0 Å². The van der Waals surface area contributed by atoms with Gasteiger partial charge in [-0.2, -0.15) is 0 Å². The molecule has 0 radical (unpaired) electrons. The SMILES string of the molecule is CCCCCCCC[S@](=O)CCC(=O)O. The molecule has 0 saturated heterocycles. The Hall–Kier alpha value is -0.380. The third kappa shape index (κ3) is 11.5. The van der Waals surface area contributed by atoms with Crippen LogP contribution in [0.3, 0.4) is 0 Å². The van der Waals surface area contributed by atoms with E-state index in [9.17, 15) is 9.00 Å². The normalized spacial score (nSPS) is 12.6. The Kier molecular flexibility index (Phi) is 9.89. The molecule has 0 heterocycles. The molecule has 1 atom stereocenters. The second kappa shape index (κ2) is 10.1. The largest absolute Gasteiger partial charge is 0.481 e. The van der Waals surface area contributed by atoms with E-state index >= 15 is 0 Å². The molecule has 4 heteroatoms. The number of aliphatic carboxylic acids is 1. The Bertz CT molecular complexity index is 192. The van der Waals surface area contributed by atoms with Crippen molar-refractivity contribution >= 4 is 16.8 Å². The maximum Gasteiger partial charge on any atom is 0.304 e. The van der Waals surface area contributed by atoms with Gasteiger partial charge in [0.2, 0.25) is 0 Å². The molecule has 0 aromatic rings. The van der Waals surface area contributed by atoms with Crippen LogP contribution >= 0.6 is 0 Å². The predicted molar refractivity (Wildman–Crippen MR) is 63.5 cm³/mol. The Balaban J connectivity index is 3.20. The summed E-state index contributed by atoms with van der Waals surface area (Å²) in [4.78, 5) is 10.2. The van der Waals surface area contributed by atoms with Crippen LogP contribution in [0.4, 0.5) is 0 Å². The summed E-state index contributed by atoms with van der Waals surface area (Å²) in [6.45, 7) is 2.18. The maximum absolute atomic E-state index is 11.3. The van der Waals surface area contributed by atoms with E-state index in [1.807, 2.05) is 0 Å². The lowest BCUT2D eigenvalue weighted by Gasteiger charge is -2.01. The molecule has 90 valence electrons. The van der Waals surface area contributed by atoms with Gasteiger partial charge in [0, 0.05) is 22.3 Å². The zero-order valence-electron chi connectivity index (χ0n) is 9.54. The summed E-state index contributed by atoms with van der Waals surface area (Å²) in [5.74, 6) is 0.121. The number of carbonyl (C=O) groups is 1. The van der Waals surface area contributed by atoms with E-state index in [0.29, 0.717) is 11.5 Å². The first-order valence-corrected chi connectivity index (χ1v) is 7.22. The van der Waals surface area contributed by atoms with Crippen LogP contribution in [-0.2, 0) is 15.6 Å². The van der Waals surface area contributed by atoms with Crippen LogP contribution in [0, 0.1) is 0 Å². The molecule has 0 saturated carbocycles. The van der Waals surface area contributed by atoms with Crippen molar-refractivity contribution in [2.24, 2.45) is 0 Å². The summed E-state index contributed by atoms with van der Waals surface area (Å²) in [5.41, 5.74) is 0. The molecule has 0 unspecified atom stereocenters. The van der Waals surface area contributed by atoms with E-state index in [0.717, 1.165) is 12.8 Å². The zero-order valence-corrected chi connectivity index (χ0v) is 10.4. The van der Waals surface area contributed by atoms with Gasteiger partial charge >= 0.3 is 5.97 Å². The zero-order chi connectivity index (χ0) is 11.5. The van der Waals surface area contributed by atoms with E-state index in [-0.39, 0.29) is 6.42 Å². The average molecular weight is 234 g/mol. The average Bonchev–Trinajstić information content (AvgIpc) is 2.20. The monoisotopic (exact) mass is 234 g/mol. The molecule has 0 amide bonds. The molecule has 0 spiro atoms. The predicted octanol–water partition coefficient (Wildman–Crippen LogP) is 2.57. The molecule has 0 aromatic carbocycles. The van der Waals surface area contributed by atoms with Crippen LogP contribution in [0.2, 0.25) is 0 Å². The van der Waals surface area contributed by atoms with Gasteiger partial charge in [-0.3, -0.25) is 9.00 Å². The van der Waals surface area contributed by atoms with Gasteiger partial charge < -0.3 is 5.11 Å². The van der Waals surface area contributed by atoms with Crippen molar-refractivity contribution in [1.29, 1.82) is 0 Å². The van der Waals surface area contributed by atoms with Crippen LogP contribution in [0.25, 0.3) is 0 Å². The minimum atomic E-state index is -0.929. The highest BCUT2D eigenvalue weighted by Crippen LogP contribution is 2.05. The quantitative estimate of drug-likeness (QED) is 0.591. The lowest BCUT2D eigenvalue weighted by atomic mass is 10.1. The van der Waals surface area contributed by atoms with Crippen molar-refractivity contribution < 1.29 is 14.1 Å². The second-order valence-electron chi connectivity index (χ2n) is 3.76. The third-order valence-corrected chi connectivity index (χ3v) is 3.67. The number of rotatable bonds is 10. The van der Waals surface area contributed by atoms with Crippen LogP contribution in [0.1, 0.15) is 51.9 Å². The summed E-state index contributed by atoms with van der Waals surface area (Å²) in [6.07, 6.45) is 7.12. The number of unbranched alkanes of at least 4 members (excludes halogenated alkanes) is 5. The number of carboxylic acids is 1. The van der Waals surface area contributed by atoms with E-state index < -0.39 is 16.8 Å². The standard InChI is InChI=1S/C11H22O3S/c1-2-3-4-5-6-7-9-15(14)10-8-11(12)13/h2-10H2,1H3,(H,12,13)/t15-/m0/s1. The highest BCUT2D eigenvalue weighted by molar-refractivity contribution is 7.84. The van der Waals surface area contributed by atoms with Gasteiger partial charge in [0.25, 0.3) is 0 Å². The fourth-order valence-electron chi connectivity index (χ4n) is 1.35. The highest BCUT2D eigenvalue weighted by atomic mass is 32.2. The molecule has 0 aliphatic carbocycles. The minimum Gasteiger partial charge on any atom is -0.481 e. The van der Waals surface area contributed by atoms with Gasteiger partial charge in [-0.05, 0) is 6.42 Å². The molecule has 0 rings (SSSR count). The van der Waals surface area contributed by atoms with Crippen molar-refractivity contribution in [3.8, 4) is 0 Å². The topological polar surface area (TPSA) is 54.4 Å². The summed E-state index contributed by atoms with van der Waals surface area (Å²) >= 11 is 0. The first-order valence-electron chi connectivity index (χ1n) is 5.73. The maximum atomic E-state index is 11.3. The molecule has 0 fully saturated rings. The van der Waals surface area contributed by atoms with Crippen molar-refractivity contribution in [1.82, 2.24) is 0 Å². The first-order chi connectivity index (χ1) is 7.16. The van der Waals surface area contributed by atoms with E-state index in [2.05, 4.69) is 6.92 Å². The van der Waals surface area contributed by atoms with Gasteiger partial charge in [-0.25, -0.2) is 0 Å². The molecule has 3 nitrogen and oxygen atoms in total. The second-order valence-corrected chi connectivity index (χ2v) is 5.46. The molecule has 1 N–H and O–H groups in total. The van der Waals surface area contributed by atoms with Crippen LogP contribution in [0.5, 0.6) is 0 Å². The van der Waals surface area contributed by atoms with Crippen molar-refractivity contribution in [2.45, 2.75) is 51.9 Å². The molecule has 15 heavy (non-hydrogen) atoms. The molecule has 0 aliphatic rings. The Morgan fingerprint density at radius 2 is 1.67 bits per heavy atom. The Labute approximate surface area is 94.7 Å². The van der Waals surface area contributed by atoms with Gasteiger partial charge in [0.15, 0.2) is 0 Å². The fraction of sp³-hybridized carbons (Fsp3) is 0.909. The number of hydrogen-bond donors (Lipinski definition) is 1. The smallest absolute Gasteiger partial charge is 0.304 e. The summed E-state index contributed by atoms with van der Waals surface area (Å²) in [7, 11) is -0.929. The van der Waals surface area contributed by atoms with Crippen LogP contribution < -0.4 is 0 Å². The Morgan fingerprint density at radius 3 is 2.27 bits per heavy atom. The van der Waals surface area contributed by atoms with E-state index in [1.165, 1.54) is 25.7 Å². The van der Waals surface area contributed by atoms with E-state index in [1.54, 1.807) is 0 Å².